The zero-order valence-corrected chi connectivity index (χ0v) is 25.4. The highest BCUT2D eigenvalue weighted by molar-refractivity contribution is 6.10. The van der Waals surface area contributed by atoms with Crippen molar-refractivity contribution in [3.05, 3.63) is 169 Å². The van der Waals surface area contributed by atoms with E-state index in [1.165, 1.54) is 77.6 Å². The van der Waals surface area contributed by atoms with Crippen LogP contribution in [0.15, 0.2) is 158 Å². The maximum absolute atomic E-state index is 2.47. The summed E-state index contributed by atoms with van der Waals surface area (Å²) in [6.45, 7) is 4.75. The van der Waals surface area contributed by atoms with Crippen LogP contribution in [-0.2, 0) is 5.41 Å². The number of aromatic nitrogens is 1. The van der Waals surface area contributed by atoms with Gasteiger partial charge in [0.1, 0.15) is 0 Å². The Morgan fingerprint density at radius 2 is 1.07 bits per heavy atom. The van der Waals surface area contributed by atoms with Crippen LogP contribution < -0.4 is 4.90 Å². The van der Waals surface area contributed by atoms with E-state index in [0.717, 1.165) is 0 Å². The van der Waals surface area contributed by atoms with E-state index in [1.54, 1.807) is 0 Å². The quantitative estimate of drug-likeness (QED) is 0.203. The van der Waals surface area contributed by atoms with Crippen molar-refractivity contribution in [1.82, 2.24) is 4.57 Å². The lowest BCUT2D eigenvalue weighted by atomic mass is 9.72. The highest BCUT2D eigenvalue weighted by Crippen LogP contribution is 2.54. The fraction of sp³-hybridized carbons (Fsp3) is 0.0698. The molecule has 0 atom stereocenters. The van der Waals surface area contributed by atoms with Crippen molar-refractivity contribution in [2.75, 3.05) is 4.90 Å². The predicted molar refractivity (Wildman–Crippen MR) is 191 cm³/mol. The molecule has 0 amide bonds. The summed E-state index contributed by atoms with van der Waals surface area (Å²) in [7, 11) is 0. The maximum atomic E-state index is 2.47. The highest BCUT2D eigenvalue weighted by atomic mass is 15.2. The smallest absolute Gasteiger partial charge is 0.0581 e. The van der Waals surface area contributed by atoms with Crippen LogP contribution in [0.25, 0.3) is 49.4 Å². The van der Waals surface area contributed by atoms with Gasteiger partial charge in [0.25, 0.3) is 0 Å². The third kappa shape index (κ3) is 3.82. The molecule has 0 unspecified atom stereocenters. The fourth-order valence-electron chi connectivity index (χ4n) is 7.53. The van der Waals surface area contributed by atoms with Gasteiger partial charge in [0.2, 0.25) is 0 Å². The Bertz CT molecular complexity index is 2400. The van der Waals surface area contributed by atoms with Crippen LogP contribution in [0.5, 0.6) is 0 Å². The third-order valence-corrected chi connectivity index (χ3v) is 9.74. The van der Waals surface area contributed by atoms with Crippen molar-refractivity contribution in [3.8, 4) is 16.8 Å². The van der Waals surface area contributed by atoms with Gasteiger partial charge in [-0.1, -0.05) is 117 Å². The van der Waals surface area contributed by atoms with E-state index in [-0.39, 0.29) is 5.41 Å². The summed E-state index contributed by atoms with van der Waals surface area (Å²) >= 11 is 0. The number of rotatable bonds is 3. The van der Waals surface area contributed by atoms with Crippen molar-refractivity contribution in [3.63, 3.8) is 0 Å². The standard InChI is InChI=1S/C43H32N2/c1-43(2)37-24-21-29-13-9-10-18-34(29)42(37)45(33-16-7-4-8-17-33)41-26-23-31(28-38(41)43)30-22-25-40-36(27-30)35-19-11-12-20-39(35)44(40)32-14-5-3-6-15-32/h3-28H,1-2H3. The first kappa shape index (κ1) is 25.9. The molecule has 2 nitrogen and oxygen atoms in total. The lowest BCUT2D eigenvalue weighted by Crippen LogP contribution is -2.30. The number of hydrogen-bond acceptors (Lipinski definition) is 1. The topological polar surface area (TPSA) is 8.17 Å². The SMILES string of the molecule is CC1(C)c2cc(-c3ccc4c(c3)c3ccccc3n4-c3ccccc3)ccc2N(c2ccccc2)c2c1ccc1ccccc21. The van der Waals surface area contributed by atoms with E-state index >= 15 is 0 Å². The molecule has 1 aliphatic heterocycles. The van der Waals surface area contributed by atoms with E-state index < -0.39 is 0 Å². The molecule has 0 aliphatic carbocycles. The molecule has 2 heterocycles. The molecule has 45 heavy (non-hydrogen) atoms. The van der Waals surface area contributed by atoms with Gasteiger partial charge in [-0.2, -0.15) is 0 Å². The summed E-state index contributed by atoms with van der Waals surface area (Å²) in [6, 6.07) is 57.6. The van der Waals surface area contributed by atoms with Crippen LogP contribution in [-0.4, -0.2) is 4.57 Å². The molecule has 2 heteroatoms. The van der Waals surface area contributed by atoms with Crippen LogP contribution in [0.4, 0.5) is 17.1 Å². The third-order valence-electron chi connectivity index (χ3n) is 9.74. The van der Waals surface area contributed by atoms with Gasteiger partial charge >= 0.3 is 0 Å². The van der Waals surface area contributed by atoms with Gasteiger partial charge in [-0.3, -0.25) is 0 Å². The molecular weight excluding hydrogens is 544 g/mol. The van der Waals surface area contributed by atoms with Crippen molar-refractivity contribution in [2.45, 2.75) is 19.3 Å². The van der Waals surface area contributed by atoms with Crippen LogP contribution in [0, 0.1) is 0 Å². The molecule has 8 aromatic rings. The van der Waals surface area contributed by atoms with Gasteiger partial charge in [0, 0.05) is 32.9 Å². The minimum atomic E-state index is -0.191. The Hall–Kier alpha value is -5.60. The number of anilines is 3. The molecule has 1 aromatic heterocycles. The van der Waals surface area contributed by atoms with Gasteiger partial charge in [0.05, 0.1) is 22.4 Å². The van der Waals surface area contributed by atoms with Crippen LogP contribution >= 0.6 is 0 Å². The van der Waals surface area contributed by atoms with E-state index in [0.29, 0.717) is 0 Å². The summed E-state index contributed by atoms with van der Waals surface area (Å²) in [6.07, 6.45) is 0. The van der Waals surface area contributed by atoms with Gasteiger partial charge in [-0.05, 0) is 82.2 Å². The Balaban J connectivity index is 1.26. The summed E-state index contributed by atoms with van der Waals surface area (Å²) in [5, 5.41) is 5.08. The molecule has 214 valence electrons. The second-order valence-electron chi connectivity index (χ2n) is 12.6. The Kier molecular flexibility index (Phi) is 5.58. The molecule has 0 fully saturated rings. The number of hydrogen-bond donors (Lipinski definition) is 0. The molecule has 0 radical (unpaired) electrons. The molecule has 9 rings (SSSR count). The van der Waals surface area contributed by atoms with Crippen LogP contribution in [0.3, 0.4) is 0 Å². The molecule has 0 saturated heterocycles. The zero-order chi connectivity index (χ0) is 30.1. The van der Waals surface area contributed by atoms with Gasteiger partial charge in [-0.15, -0.1) is 0 Å². The van der Waals surface area contributed by atoms with E-state index in [9.17, 15) is 0 Å². The monoisotopic (exact) mass is 576 g/mol. The molecule has 0 bridgehead atoms. The zero-order valence-electron chi connectivity index (χ0n) is 25.4. The van der Waals surface area contributed by atoms with Crippen molar-refractivity contribution in [1.29, 1.82) is 0 Å². The lowest BCUT2D eigenvalue weighted by molar-refractivity contribution is 0.633. The summed E-state index contributed by atoms with van der Waals surface area (Å²) < 4.78 is 2.38. The van der Waals surface area contributed by atoms with E-state index in [1.807, 2.05) is 0 Å². The van der Waals surface area contributed by atoms with Crippen molar-refractivity contribution >= 4 is 49.6 Å². The molecule has 0 spiro atoms. The minimum absolute atomic E-state index is 0.191. The summed E-state index contributed by atoms with van der Waals surface area (Å²) in [5.41, 5.74) is 12.3. The summed E-state index contributed by atoms with van der Waals surface area (Å²) in [5.74, 6) is 0. The average Bonchev–Trinajstić information content (AvgIpc) is 3.43. The first-order chi connectivity index (χ1) is 22.1. The van der Waals surface area contributed by atoms with Crippen LogP contribution in [0.1, 0.15) is 25.0 Å². The van der Waals surface area contributed by atoms with Gasteiger partial charge in [0.15, 0.2) is 0 Å². The maximum Gasteiger partial charge on any atom is 0.0581 e. The van der Waals surface area contributed by atoms with Gasteiger partial charge in [-0.25, -0.2) is 0 Å². The number of nitrogens with zero attached hydrogens (tertiary/aromatic N) is 2. The largest absolute Gasteiger partial charge is 0.309 e. The number of benzene rings is 7. The average molecular weight is 577 g/mol. The van der Waals surface area contributed by atoms with E-state index in [4.69, 9.17) is 0 Å². The first-order valence-electron chi connectivity index (χ1n) is 15.7. The molecule has 0 N–H and O–H groups in total. The lowest BCUT2D eigenvalue weighted by Gasteiger charge is -2.43. The predicted octanol–water partition coefficient (Wildman–Crippen LogP) is 11.7. The number of fused-ring (bicyclic) bond motifs is 7. The molecular formula is C43H32N2. The normalized spacial score (nSPS) is 13.7. The van der Waals surface area contributed by atoms with Crippen molar-refractivity contribution < 1.29 is 0 Å². The Morgan fingerprint density at radius 3 is 1.87 bits per heavy atom. The minimum Gasteiger partial charge on any atom is -0.309 e. The second-order valence-corrected chi connectivity index (χ2v) is 12.6. The van der Waals surface area contributed by atoms with Crippen molar-refractivity contribution in [2.24, 2.45) is 0 Å². The number of para-hydroxylation sites is 3. The second kappa shape index (κ2) is 9.70. The fourth-order valence-corrected chi connectivity index (χ4v) is 7.53. The van der Waals surface area contributed by atoms with E-state index in [2.05, 4.69) is 181 Å². The Labute approximate surface area is 263 Å². The highest BCUT2D eigenvalue weighted by Gasteiger charge is 2.38. The summed E-state index contributed by atoms with van der Waals surface area (Å²) in [4.78, 5) is 2.47. The van der Waals surface area contributed by atoms with Gasteiger partial charge < -0.3 is 9.47 Å². The Morgan fingerprint density at radius 1 is 0.444 bits per heavy atom. The first-order valence-corrected chi connectivity index (χ1v) is 15.7. The molecule has 1 aliphatic rings. The van der Waals surface area contributed by atoms with Crippen LogP contribution in [0.2, 0.25) is 0 Å². The molecule has 7 aromatic carbocycles. The molecule has 0 saturated carbocycles.